The second-order valence-corrected chi connectivity index (χ2v) is 6.06. The fraction of sp³-hybridized carbons (Fsp3) is 0.462. The van der Waals surface area contributed by atoms with Crippen molar-refractivity contribution in [3.63, 3.8) is 0 Å². The number of nitrogens with zero attached hydrogens (tertiary/aromatic N) is 2. The molecule has 0 bridgehead atoms. The first kappa shape index (κ1) is 13.6. The lowest BCUT2D eigenvalue weighted by Crippen LogP contribution is -2.20. The van der Waals surface area contributed by atoms with Crippen molar-refractivity contribution in [2.45, 2.75) is 25.8 Å². The molecule has 1 N–H and O–H groups in total. The lowest BCUT2D eigenvalue weighted by atomic mass is 10.1. The Morgan fingerprint density at radius 2 is 2.33 bits per heavy atom. The third-order valence-corrected chi connectivity index (χ3v) is 4.21. The van der Waals surface area contributed by atoms with Gasteiger partial charge in [0.05, 0.1) is 10.5 Å². The van der Waals surface area contributed by atoms with E-state index in [-0.39, 0.29) is 0 Å². The molecular formula is C13H18ClN3S. The zero-order valence-corrected chi connectivity index (χ0v) is 12.3. The molecule has 0 saturated carbocycles. The lowest BCUT2D eigenvalue weighted by molar-refractivity contribution is 0.523. The summed E-state index contributed by atoms with van der Waals surface area (Å²) in [4.78, 5) is 1.31. The Hall–Kier alpha value is -0.840. The summed E-state index contributed by atoms with van der Waals surface area (Å²) < 4.78 is 2.70. The van der Waals surface area contributed by atoms with E-state index in [1.165, 1.54) is 10.4 Å². The molecule has 2 aromatic rings. The average Bonchev–Trinajstić information content (AvgIpc) is 2.94. The van der Waals surface area contributed by atoms with Gasteiger partial charge in [-0.1, -0.05) is 18.5 Å². The molecule has 0 fully saturated rings. The second-order valence-electron chi connectivity index (χ2n) is 4.31. The number of halogens is 1. The van der Waals surface area contributed by atoms with Gasteiger partial charge in [-0.05, 0) is 37.1 Å². The smallest absolute Gasteiger partial charge is 0.0931 e. The minimum Gasteiger partial charge on any atom is -0.310 e. The number of thiophene rings is 1. The van der Waals surface area contributed by atoms with E-state index in [4.69, 9.17) is 11.6 Å². The monoisotopic (exact) mass is 283 g/mol. The van der Waals surface area contributed by atoms with Crippen LogP contribution in [-0.2, 0) is 13.5 Å². The Bertz CT molecular complexity index is 492. The molecule has 0 aliphatic heterocycles. The first-order chi connectivity index (χ1) is 8.69. The highest BCUT2D eigenvalue weighted by atomic mass is 35.5. The van der Waals surface area contributed by atoms with Crippen LogP contribution < -0.4 is 5.32 Å². The van der Waals surface area contributed by atoms with Crippen molar-refractivity contribution in [3.8, 4) is 0 Å². The largest absolute Gasteiger partial charge is 0.310 e. The van der Waals surface area contributed by atoms with Gasteiger partial charge in [-0.15, -0.1) is 11.3 Å². The molecule has 3 nitrogen and oxygen atoms in total. The van der Waals surface area contributed by atoms with Gasteiger partial charge in [-0.2, -0.15) is 5.10 Å². The van der Waals surface area contributed by atoms with E-state index in [0.717, 1.165) is 23.7 Å². The zero-order valence-electron chi connectivity index (χ0n) is 10.7. The summed E-state index contributed by atoms with van der Waals surface area (Å²) in [6.07, 6.45) is 6.10. The highest BCUT2D eigenvalue weighted by molar-refractivity contribution is 7.16. The first-order valence-corrected chi connectivity index (χ1v) is 7.34. The Labute approximate surface area is 117 Å². The molecule has 2 heterocycles. The minimum absolute atomic E-state index is 0.382. The van der Waals surface area contributed by atoms with Crippen molar-refractivity contribution in [2.24, 2.45) is 7.05 Å². The first-order valence-electron chi connectivity index (χ1n) is 6.15. The number of nitrogens with one attached hydrogen (secondary N) is 1. The van der Waals surface area contributed by atoms with Gasteiger partial charge >= 0.3 is 0 Å². The number of aryl methyl sites for hydroxylation is 2. The Balaban J connectivity index is 1.98. The Kier molecular flexibility index (Phi) is 4.80. The summed E-state index contributed by atoms with van der Waals surface area (Å²) in [6, 6.07) is 4.47. The molecule has 5 heteroatoms. The number of rotatable bonds is 6. The molecule has 0 amide bonds. The number of hydrogen-bond donors (Lipinski definition) is 1. The SMILES string of the molecule is CCNC(CCc1cnn(C)c1)c1ccc(Cl)s1. The van der Waals surface area contributed by atoms with Gasteiger partial charge in [0.2, 0.25) is 0 Å². The lowest BCUT2D eigenvalue weighted by Gasteiger charge is -2.15. The van der Waals surface area contributed by atoms with Gasteiger partial charge in [-0.3, -0.25) is 4.68 Å². The highest BCUT2D eigenvalue weighted by Gasteiger charge is 2.13. The Morgan fingerprint density at radius 3 is 2.89 bits per heavy atom. The normalized spacial score (nSPS) is 12.8. The van der Waals surface area contributed by atoms with E-state index in [1.54, 1.807) is 11.3 Å². The third-order valence-electron chi connectivity index (χ3n) is 2.87. The predicted molar refractivity (Wildman–Crippen MR) is 77.3 cm³/mol. The maximum Gasteiger partial charge on any atom is 0.0931 e. The molecule has 18 heavy (non-hydrogen) atoms. The summed E-state index contributed by atoms with van der Waals surface area (Å²) in [5.74, 6) is 0. The maximum absolute atomic E-state index is 6.00. The topological polar surface area (TPSA) is 29.9 Å². The molecule has 1 unspecified atom stereocenters. The summed E-state index contributed by atoms with van der Waals surface area (Å²) in [7, 11) is 1.95. The average molecular weight is 284 g/mol. The van der Waals surface area contributed by atoms with Crippen LogP contribution in [0.15, 0.2) is 24.5 Å². The number of hydrogen-bond acceptors (Lipinski definition) is 3. The van der Waals surface area contributed by atoms with Crippen LogP contribution in [-0.4, -0.2) is 16.3 Å². The van der Waals surface area contributed by atoms with Crippen molar-refractivity contribution in [3.05, 3.63) is 39.3 Å². The fourth-order valence-corrected chi connectivity index (χ4v) is 3.19. The molecular weight excluding hydrogens is 266 g/mol. The van der Waals surface area contributed by atoms with Gasteiger partial charge in [0.15, 0.2) is 0 Å². The van der Waals surface area contributed by atoms with E-state index in [1.807, 2.05) is 24.0 Å². The van der Waals surface area contributed by atoms with Gasteiger partial charge in [0.25, 0.3) is 0 Å². The molecule has 1 atom stereocenters. The van der Waals surface area contributed by atoms with Gasteiger partial charge < -0.3 is 5.32 Å². The van der Waals surface area contributed by atoms with Crippen molar-refractivity contribution in [1.82, 2.24) is 15.1 Å². The Morgan fingerprint density at radius 1 is 1.50 bits per heavy atom. The second kappa shape index (κ2) is 6.36. The quantitative estimate of drug-likeness (QED) is 0.880. The van der Waals surface area contributed by atoms with E-state index in [9.17, 15) is 0 Å². The van der Waals surface area contributed by atoms with Crippen molar-refractivity contribution in [2.75, 3.05) is 6.54 Å². The van der Waals surface area contributed by atoms with Crippen molar-refractivity contribution in [1.29, 1.82) is 0 Å². The third kappa shape index (κ3) is 3.57. The molecule has 0 spiro atoms. The van der Waals surface area contributed by atoms with Crippen LogP contribution in [0.2, 0.25) is 4.34 Å². The zero-order chi connectivity index (χ0) is 13.0. The predicted octanol–water partition coefficient (Wildman–Crippen LogP) is 3.42. The standard InChI is InChI=1S/C13H18ClN3S/c1-3-15-11(12-6-7-13(14)18-12)5-4-10-8-16-17(2)9-10/h6-9,11,15H,3-5H2,1-2H3. The van der Waals surface area contributed by atoms with Gasteiger partial charge in [-0.25, -0.2) is 0 Å². The van der Waals surface area contributed by atoms with Crippen LogP contribution in [0, 0.1) is 0 Å². The van der Waals surface area contributed by atoms with Crippen LogP contribution in [0.4, 0.5) is 0 Å². The molecule has 0 radical (unpaired) electrons. The molecule has 2 aromatic heterocycles. The maximum atomic E-state index is 6.00. The fourth-order valence-electron chi connectivity index (χ4n) is 2.02. The molecule has 0 aromatic carbocycles. The molecule has 98 valence electrons. The van der Waals surface area contributed by atoms with Crippen LogP contribution in [0.25, 0.3) is 0 Å². The summed E-state index contributed by atoms with van der Waals surface area (Å²) in [5.41, 5.74) is 1.28. The summed E-state index contributed by atoms with van der Waals surface area (Å²) in [5, 5.41) is 7.71. The number of aromatic nitrogens is 2. The van der Waals surface area contributed by atoms with Gasteiger partial charge in [0, 0.05) is 24.2 Å². The summed E-state index contributed by atoms with van der Waals surface area (Å²) in [6.45, 7) is 3.10. The van der Waals surface area contributed by atoms with Crippen LogP contribution in [0.3, 0.4) is 0 Å². The minimum atomic E-state index is 0.382. The van der Waals surface area contributed by atoms with E-state index in [0.29, 0.717) is 6.04 Å². The molecule has 0 saturated heterocycles. The van der Waals surface area contributed by atoms with Crippen LogP contribution in [0.1, 0.15) is 29.8 Å². The van der Waals surface area contributed by atoms with Crippen molar-refractivity contribution < 1.29 is 0 Å². The van der Waals surface area contributed by atoms with E-state index >= 15 is 0 Å². The van der Waals surface area contributed by atoms with Crippen LogP contribution >= 0.6 is 22.9 Å². The van der Waals surface area contributed by atoms with E-state index < -0.39 is 0 Å². The van der Waals surface area contributed by atoms with E-state index in [2.05, 4.69) is 29.6 Å². The molecule has 2 rings (SSSR count). The van der Waals surface area contributed by atoms with Gasteiger partial charge in [0.1, 0.15) is 0 Å². The molecule has 0 aliphatic carbocycles. The van der Waals surface area contributed by atoms with Crippen molar-refractivity contribution >= 4 is 22.9 Å². The van der Waals surface area contributed by atoms with Crippen LogP contribution in [0.5, 0.6) is 0 Å². The highest BCUT2D eigenvalue weighted by Crippen LogP contribution is 2.29. The summed E-state index contributed by atoms with van der Waals surface area (Å²) >= 11 is 7.66. The molecule has 0 aliphatic rings.